The minimum atomic E-state index is 0.0447. The van der Waals surface area contributed by atoms with Crippen LogP contribution >= 0.6 is 11.3 Å². The highest BCUT2D eigenvalue weighted by Gasteiger charge is 2.35. The quantitative estimate of drug-likeness (QED) is 0.358. The molecule has 0 aliphatic heterocycles. The monoisotopic (exact) mass is 430 g/mol. The third-order valence-corrected chi connectivity index (χ3v) is 5.91. The minimum Gasteiger partial charge on any atom is -0.396 e. The summed E-state index contributed by atoms with van der Waals surface area (Å²) < 4.78 is 5.82. The van der Waals surface area contributed by atoms with Crippen molar-refractivity contribution in [1.29, 1.82) is 0 Å². The minimum absolute atomic E-state index is 0.0447. The Kier molecular flexibility index (Phi) is 8.46. The molecule has 0 saturated heterocycles. The Bertz CT molecular complexity index is 863. The molecule has 2 aromatic rings. The molecule has 0 bridgehead atoms. The Labute approximate surface area is 181 Å². The van der Waals surface area contributed by atoms with Crippen molar-refractivity contribution in [3.8, 4) is 11.8 Å². The van der Waals surface area contributed by atoms with Gasteiger partial charge in [-0.15, -0.1) is 11.3 Å². The van der Waals surface area contributed by atoms with E-state index >= 15 is 0 Å². The standard InChI is InChI=1S/C22H30N4O3S/c1-3-29-20-13-17(12-16(20)14-28)25-21-19(8-7-18-6-4-11-30-18)15(2)24-22(26-21)23-9-5-10-27/h4,6,11,16-17,20,27-28H,3,5,9-10,12-14H2,1-2H3,(H2,23,24,25,26). The van der Waals surface area contributed by atoms with Crippen LogP contribution in [-0.2, 0) is 4.74 Å². The van der Waals surface area contributed by atoms with Gasteiger partial charge >= 0.3 is 0 Å². The van der Waals surface area contributed by atoms with Crippen molar-refractivity contribution in [3.05, 3.63) is 33.6 Å². The first kappa shape index (κ1) is 22.5. The van der Waals surface area contributed by atoms with Gasteiger partial charge in [0, 0.05) is 38.3 Å². The zero-order chi connectivity index (χ0) is 21.3. The molecule has 0 amide bonds. The van der Waals surface area contributed by atoms with E-state index in [-0.39, 0.29) is 31.3 Å². The van der Waals surface area contributed by atoms with Crippen LogP contribution in [0.1, 0.15) is 42.3 Å². The topological polar surface area (TPSA) is 99.5 Å². The lowest BCUT2D eigenvalue weighted by Gasteiger charge is -2.17. The molecule has 30 heavy (non-hydrogen) atoms. The summed E-state index contributed by atoms with van der Waals surface area (Å²) in [7, 11) is 0. The normalized spacial score (nSPS) is 20.6. The van der Waals surface area contributed by atoms with Crippen molar-refractivity contribution < 1.29 is 14.9 Å². The van der Waals surface area contributed by atoms with E-state index in [0.29, 0.717) is 31.3 Å². The molecule has 0 radical (unpaired) electrons. The average Bonchev–Trinajstić information content (AvgIpc) is 3.37. The van der Waals surface area contributed by atoms with Crippen molar-refractivity contribution >= 4 is 23.1 Å². The van der Waals surface area contributed by atoms with Gasteiger partial charge in [0.2, 0.25) is 5.95 Å². The van der Waals surface area contributed by atoms with Crippen LogP contribution in [0.15, 0.2) is 17.5 Å². The van der Waals surface area contributed by atoms with Gasteiger partial charge in [-0.3, -0.25) is 0 Å². The summed E-state index contributed by atoms with van der Waals surface area (Å²) in [6.45, 7) is 5.37. The van der Waals surface area contributed by atoms with Crippen LogP contribution in [0, 0.1) is 24.7 Å². The number of ether oxygens (including phenoxy) is 1. The van der Waals surface area contributed by atoms with Gasteiger partial charge in [0.05, 0.1) is 22.2 Å². The number of hydrogen-bond acceptors (Lipinski definition) is 8. The van der Waals surface area contributed by atoms with Crippen molar-refractivity contribution in [2.45, 2.75) is 45.3 Å². The van der Waals surface area contributed by atoms with E-state index in [1.54, 1.807) is 11.3 Å². The SMILES string of the molecule is CCOC1CC(Nc2nc(NCCCO)nc(C)c2C#Cc2cccs2)CC1CO. The van der Waals surface area contributed by atoms with Crippen LogP contribution < -0.4 is 10.6 Å². The molecule has 0 spiro atoms. The van der Waals surface area contributed by atoms with Gasteiger partial charge in [0.1, 0.15) is 5.82 Å². The van der Waals surface area contributed by atoms with Crippen molar-refractivity contribution in [3.63, 3.8) is 0 Å². The molecule has 0 aromatic carbocycles. The van der Waals surface area contributed by atoms with Gasteiger partial charge in [-0.25, -0.2) is 4.98 Å². The third-order valence-electron chi connectivity index (χ3n) is 5.13. The Morgan fingerprint density at radius 3 is 2.83 bits per heavy atom. The maximum atomic E-state index is 9.72. The highest BCUT2D eigenvalue weighted by Crippen LogP contribution is 2.31. The van der Waals surface area contributed by atoms with Crippen molar-refractivity contribution in [2.24, 2.45) is 5.92 Å². The molecule has 2 aromatic heterocycles. The van der Waals surface area contributed by atoms with E-state index in [1.165, 1.54) is 0 Å². The number of thiophene rings is 1. The van der Waals surface area contributed by atoms with E-state index in [9.17, 15) is 5.11 Å². The highest BCUT2D eigenvalue weighted by molar-refractivity contribution is 7.10. The molecular formula is C22H30N4O3S. The second-order valence-electron chi connectivity index (χ2n) is 7.34. The first-order valence-corrected chi connectivity index (χ1v) is 11.3. The third kappa shape index (κ3) is 5.92. The van der Waals surface area contributed by atoms with Crippen LogP contribution in [0.5, 0.6) is 0 Å². The number of anilines is 2. The number of nitrogens with one attached hydrogen (secondary N) is 2. The Hall–Kier alpha value is -2.18. The zero-order valence-corrected chi connectivity index (χ0v) is 18.3. The molecule has 7 nitrogen and oxygen atoms in total. The number of aromatic nitrogens is 2. The van der Waals surface area contributed by atoms with Gasteiger partial charge in [-0.2, -0.15) is 4.98 Å². The van der Waals surface area contributed by atoms with Crippen LogP contribution in [-0.4, -0.2) is 58.7 Å². The smallest absolute Gasteiger partial charge is 0.224 e. The van der Waals surface area contributed by atoms with Crippen LogP contribution in [0.2, 0.25) is 0 Å². The molecule has 3 rings (SSSR count). The fourth-order valence-electron chi connectivity index (χ4n) is 3.67. The average molecular weight is 431 g/mol. The van der Waals surface area contributed by atoms with E-state index < -0.39 is 0 Å². The zero-order valence-electron chi connectivity index (χ0n) is 17.5. The number of nitrogens with zero attached hydrogens (tertiary/aromatic N) is 2. The van der Waals surface area contributed by atoms with E-state index in [2.05, 4.69) is 32.4 Å². The van der Waals surface area contributed by atoms with Crippen LogP contribution in [0.25, 0.3) is 0 Å². The molecule has 1 aliphatic rings. The fraction of sp³-hybridized carbons (Fsp3) is 0.545. The molecule has 162 valence electrons. The molecule has 3 unspecified atom stereocenters. The second-order valence-corrected chi connectivity index (χ2v) is 8.28. The summed E-state index contributed by atoms with van der Waals surface area (Å²) in [6.07, 6.45) is 2.30. The first-order valence-electron chi connectivity index (χ1n) is 10.4. The number of aliphatic hydroxyl groups excluding tert-OH is 2. The first-order chi connectivity index (χ1) is 14.6. The molecule has 1 saturated carbocycles. The van der Waals surface area contributed by atoms with Gasteiger partial charge in [0.15, 0.2) is 0 Å². The van der Waals surface area contributed by atoms with Gasteiger partial charge in [0.25, 0.3) is 0 Å². The van der Waals surface area contributed by atoms with E-state index in [0.717, 1.165) is 29.0 Å². The molecule has 2 heterocycles. The lowest BCUT2D eigenvalue weighted by atomic mass is 10.1. The Morgan fingerprint density at radius 1 is 1.27 bits per heavy atom. The van der Waals surface area contributed by atoms with Crippen molar-refractivity contribution in [2.75, 3.05) is 37.0 Å². The fourth-order valence-corrected chi connectivity index (χ4v) is 4.24. The van der Waals surface area contributed by atoms with E-state index in [4.69, 9.17) is 9.84 Å². The molecule has 8 heteroatoms. The van der Waals surface area contributed by atoms with E-state index in [1.807, 2.05) is 31.4 Å². The summed E-state index contributed by atoms with van der Waals surface area (Å²) >= 11 is 1.60. The van der Waals surface area contributed by atoms with Gasteiger partial charge < -0.3 is 25.6 Å². The van der Waals surface area contributed by atoms with Crippen molar-refractivity contribution in [1.82, 2.24) is 9.97 Å². The molecular weight excluding hydrogens is 400 g/mol. The number of rotatable bonds is 9. The highest BCUT2D eigenvalue weighted by atomic mass is 32.1. The lowest BCUT2D eigenvalue weighted by Crippen LogP contribution is -2.21. The predicted octanol–water partition coefficient (Wildman–Crippen LogP) is 2.63. The summed E-state index contributed by atoms with van der Waals surface area (Å²) in [5.41, 5.74) is 1.57. The number of aryl methyl sites for hydroxylation is 1. The largest absolute Gasteiger partial charge is 0.396 e. The predicted molar refractivity (Wildman–Crippen MR) is 120 cm³/mol. The van der Waals surface area contributed by atoms with Crippen LogP contribution in [0.4, 0.5) is 11.8 Å². The maximum absolute atomic E-state index is 9.72. The Morgan fingerprint density at radius 2 is 2.13 bits per heavy atom. The number of aliphatic hydroxyl groups is 2. The molecule has 3 atom stereocenters. The summed E-state index contributed by atoms with van der Waals surface area (Å²) in [6, 6.07) is 4.11. The maximum Gasteiger partial charge on any atom is 0.224 e. The summed E-state index contributed by atoms with van der Waals surface area (Å²) in [4.78, 5) is 10.2. The van der Waals surface area contributed by atoms with Gasteiger partial charge in [-0.05, 0) is 44.6 Å². The lowest BCUT2D eigenvalue weighted by molar-refractivity contribution is 0.0175. The van der Waals surface area contributed by atoms with Gasteiger partial charge in [-0.1, -0.05) is 17.9 Å². The Balaban J connectivity index is 1.85. The number of hydrogen-bond donors (Lipinski definition) is 4. The molecule has 4 N–H and O–H groups in total. The second kappa shape index (κ2) is 11.3. The molecule has 1 fully saturated rings. The summed E-state index contributed by atoms with van der Waals surface area (Å²) in [5.74, 6) is 7.76. The van der Waals surface area contributed by atoms with Crippen LogP contribution in [0.3, 0.4) is 0 Å². The summed E-state index contributed by atoms with van der Waals surface area (Å²) in [5, 5.41) is 27.4. The molecule has 1 aliphatic carbocycles.